The van der Waals surface area contributed by atoms with Crippen LogP contribution in [0, 0.1) is 5.82 Å². The van der Waals surface area contributed by atoms with Crippen molar-refractivity contribution in [3.63, 3.8) is 0 Å². The van der Waals surface area contributed by atoms with Crippen LogP contribution < -0.4 is 0 Å². The standard InChI is InChI=1S/C10H9BrClFN2/c1-5(12)10-14-8-4-7(13)6(11)3-9(8)15(10)2/h3-5H,1-2H3. The first kappa shape index (κ1) is 10.9. The Morgan fingerprint density at radius 1 is 1.53 bits per heavy atom. The summed E-state index contributed by atoms with van der Waals surface area (Å²) < 4.78 is 15.6. The van der Waals surface area contributed by atoms with Crippen molar-refractivity contribution >= 4 is 38.6 Å². The third kappa shape index (κ3) is 1.76. The van der Waals surface area contributed by atoms with Gasteiger partial charge in [-0.15, -0.1) is 11.6 Å². The van der Waals surface area contributed by atoms with E-state index >= 15 is 0 Å². The van der Waals surface area contributed by atoms with Gasteiger partial charge in [0, 0.05) is 13.1 Å². The molecule has 0 fully saturated rings. The van der Waals surface area contributed by atoms with Crippen LogP contribution in [0.5, 0.6) is 0 Å². The SMILES string of the molecule is CC(Cl)c1nc2cc(F)c(Br)cc2n1C. The molecule has 0 radical (unpaired) electrons. The van der Waals surface area contributed by atoms with Crippen LogP contribution in [0.2, 0.25) is 0 Å². The van der Waals surface area contributed by atoms with E-state index in [0.29, 0.717) is 9.99 Å². The minimum absolute atomic E-state index is 0.191. The molecule has 0 amide bonds. The van der Waals surface area contributed by atoms with Gasteiger partial charge in [0.2, 0.25) is 0 Å². The number of halogens is 3. The molecule has 0 saturated heterocycles. The zero-order valence-corrected chi connectivity index (χ0v) is 10.6. The lowest BCUT2D eigenvalue weighted by Gasteiger charge is -2.03. The lowest BCUT2D eigenvalue weighted by molar-refractivity contribution is 0.623. The third-order valence-corrected chi connectivity index (χ3v) is 3.12. The number of benzene rings is 1. The van der Waals surface area contributed by atoms with Gasteiger partial charge in [0.1, 0.15) is 11.6 Å². The molecule has 0 aliphatic rings. The summed E-state index contributed by atoms with van der Waals surface area (Å²) in [5.74, 6) is 0.429. The van der Waals surface area contributed by atoms with Crippen LogP contribution >= 0.6 is 27.5 Å². The highest BCUT2D eigenvalue weighted by Crippen LogP contribution is 2.27. The van der Waals surface area contributed by atoms with Crippen molar-refractivity contribution in [1.29, 1.82) is 0 Å². The molecule has 0 aliphatic carbocycles. The van der Waals surface area contributed by atoms with E-state index in [1.165, 1.54) is 6.07 Å². The summed E-state index contributed by atoms with van der Waals surface area (Å²) >= 11 is 9.12. The minimum Gasteiger partial charge on any atom is -0.330 e. The monoisotopic (exact) mass is 290 g/mol. The summed E-state index contributed by atoms with van der Waals surface area (Å²) in [4.78, 5) is 4.28. The van der Waals surface area contributed by atoms with Crippen LogP contribution in [-0.4, -0.2) is 9.55 Å². The first-order chi connectivity index (χ1) is 7.00. The summed E-state index contributed by atoms with van der Waals surface area (Å²) in [6.07, 6.45) is 0. The van der Waals surface area contributed by atoms with Gasteiger partial charge in [-0.1, -0.05) is 0 Å². The molecule has 0 aliphatic heterocycles. The number of aryl methyl sites for hydroxylation is 1. The fourth-order valence-corrected chi connectivity index (χ4v) is 2.09. The van der Waals surface area contributed by atoms with E-state index in [9.17, 15) is 4.39 Å². The molecule has 80 valence electrons. The molecule has 1 heterocycles. The van der Waals surface area contributed by atoms with Crippen LogP contribution in [0.25, 0.3) is 11.0 Å². The van der Waals surface area contributed by atoms with Gasteiger partial charge in [-0.25, -0.2) is 9.37 Å². The summed E-state index contributed by atoms with van der Waals surface area (Å²) in [5.41, 5.74) is 1.49. The van der Waals surface area contributed by atoms with E-state index in [2.05, 4.69) is 20.9 Å². The Balaban J connectivity index is 2.77. The fourth-order valence-electron chi connectivity index (χ4n) is 1.56. The molecule has 0 spiro atoms. The maximum Gasteiger partial charge on any atom is 0.139 e. The van der Waals surface area contributed by atoms with Crippen molar-refractivity contribution in [1.82, 2.24) is 9.55 Å². The number of aromatic nitrogens is 2. The fraction of sp³-hybridized carbons (Fsp3) is 0.300. The number of fused-ring (bicyclic) bond motifs is 1. The second-order valence-corrected chi connectivity index (χ2v) is 4.91. The molecule has 1 atom stereocenters. The van der Waals surface area contributed by atoms with Crippen LogP contribution in [-0.2, 0) is 7.05 Å². The van der Waals surface area contributed by atoms with Crippen molar-refractivity contribution in [3.05, 3.63) is 28.2 Å². The highest BCUT2D eigenvalue weighted by Gasteiger charge is 2.13. The molecule has 1 aromatic carbocycles. The largest absolute Gasteiger partial charge is 0.330 e. The predicted molar refractivity (Wildman–Crippen MR) is 62.6 cm³/mol. The summed E-state index contributed by atoms with van der Waals surface area (Å²) in [5, 5.41) is -0.191. The van der Waals surface area contributed by atoms with Gasteiger partial charge in [-0.2, -0.15) is 0 Å². The van der Waals surface area contributed by atoms with E-state index in [-0.39, 0.29) is 11.2 Å². The maximum absolute atomic E-state index is 13.3. The van der Waals surface area contributed by atoms with Gasteiger partial charge in [0.25, 0.3) is 0 Å². The van der Waals surface area contributed by atoms with Crippen molar-refractivity contribution in [2.24, 2.45) is 7.05 Å². The Hall–Kier alpha value is -0.610. The maximum atomic E-state index is 13.3. The van der Waals surface area contributed by atoms with Crippen molar-refractivity contribution < 1.29 is 4.39 Å². The average Bonchev–Trinajstić information content (AvgIpc) is 2.46. The minimum atomic E-state index is -0.311. The number of alkyl halides is 1. The van der Waals surface area contributed by atoms with E-state index in [1.54, 1.807) is 6.07 Å². The van der Waals surface area contributed by atoms with Crippen LogP contribution in [0.4, 0.5) is 4.39 Å². The molecule has 15 heavy (non-hydrogen) atoms. The number of rotatable bonds is 1. The summed E-state index contributed by atoms with van der Waals surface area (Å²) in [6.45, 7) is 1.84. The highest BCUT2D eigenvalue weighted by atomic mass is 79.9. The van der Waals surface area contributed by atoms with Gasteiger partial charge in [0.15, 0.2) is 0 Å². The number of nitrogens with zero attached hydrogens (tertiary/aromatic N) is 2. The third-order valence-electron chi connectivity index (χ3n) is 2.31. The average molecular weight is 292 g/mol. The normalized spacial score (nSPS) is 13.4. The molecule has 0 N–H and O–H groups in total. The van der Waals surface area contributed by atoms with E-state index < -0.39 is 0 Å². The van der Waals surface area contributed by atoms with E-state index in [4.69, 9.17) is 11.6 Å². The zero-order chi connectivity index (χ0) is 11.2. The molecular formula is C10H9BrClFN2. The predicted octanol–water partition coefficient (Wildman–Crippen LogP) is 3.77. The van der Waals surface area contributed by atoms with Crippen LogP contribution in [0.1, 0.15) is 18.1 Å². The molecule has 0 bridgehead atoms. The second-order valence-electron chi connectivity index (χ2n) is 3.40. The number of hydrogen-bond donors (Lipinski definition) is 0. The first-order valence-electron chi connectivity index (χ1n) is 4.46. The molecule has 5 heteroatoms. The Labute approximate surface area is 100 Å². The Morgan fingerprint density at radius 3 is 2.80 bits per heavy atom. The highest BCUT2D eigenvalue weighted by molar-refractivity contribution is 9.10. The Morgan fingerprint density at radius 2 is 2.20 bits per heavy atom. The molecular weight excluding hydrogens is 282 g/mol. The first-order valence-corrected chi connectivity index (χ1v) is 5.69. The van der Waals surface area contributed by atoms with Gasteiger partial charge in [-0.3, -0.25) is 0 Å². The van der Waals surface area contributed by atoms with E-state index in [1.807, 2.05) is 18.5 Å². The number of imidazole rings is 1. The topological polar surface area (TPSA) is 17.8 Å². The smallest absolute Gasteiger partial charge is 0.139 e. The molecule has 2 rings (SSSR count). The van der Waals surface area contributed by atoms with Gasteiger partial charge in [-0.05, 0) is 28.9 Å². The molecule has 2 aromatic rings. The molecule has 2 nitrogen and oxygen atoms in total. The summed E-state index contributed by atoms with van der Waals surface area (Å²) in [6, 6.07) is 3.11. The van der Waals surface area contributed by atoms with Crippen LogP contribution in [0.3, 0.4) is 0 Å². The summed E-state index contributed by atoms with van der Waals surface area (Å²) in [7, 11) is 1.87. The second kappa shape index (κ2) is 3.76. The lowest BCUT2D eigenvalue weighted by Crippen LogP contribution is -1.97. The zero-order valence-electron chi connectivity index (χ0n) is 8.26. The van der Waals surface area contributed by atoms with Crippen molar-refractivity contribution in [3.8, 4) is 0 Å². The molecule has 1 unspecified atom stereocenters. The Kier molecular flexibility index (Phi) is 2.73. The Bertz CT molecular complexity index is 522. The van der Waals surface area contributed by atoms with Gasteiger partial charge >= 0.3 is 0 Å². The lowest BCUT2D eigenvalue weighted by atomic mass is 10.3. The molecule has 0 saturated carbocycles. The van der Waals surface area contributed by atoms with Gasteiger partial charge < -0.3 is 4.57 Å². The van der Waals surface area contributed by atoms with Crippen LogP contribution in [0.15, 0.2) is 16.6 Å². The van der Waals surface area contributed by atoms with Gasteiger partial charge in [0.05, 0.1) is 20.9 Å². The number of hydrogen-bond acceptors (Lipinski definition) is 1. The molecule has 1 aromatic heterocycles. The van der Waals surface area contributed by atoms with Crippen molar-refractivity contribution in [2.45, 2.75) is 12.3 Å². The van der Waals surface area contributed by atoms with Crippen molar-refractivity contribution in [2.75, 3.05) is 0 Å². The quantitative estimate of drug-likeness (QED) is 0.731. The van der Waals surface area contributed by atoms with E-state index in [0.717, 1.165) is 11.3 Å².